The van der Waals surface area contributed by atoms with Crippen molar-refractivity contribution in [1.82, 2.24) is 0 Å². The van der Waals surface area contributed by atoms with Gasteiger partial charge >= 0.3 is 51.1 Å². The fourth-order valence-corrected chi connectivity index (χ4v) is 0.609. The van der Waals surface area contributed by atoms with Crippen LogP contribution in [0.25, 0.3) is 0 Å². The first kappa shape index (κ1) is 13.2. The minimum absolute atomic E-state index is 0.134. The molecule has 66 valence electrons. The second-order valence-electron chi connectivity index (χ2n) is 1.94. The van der Waals surface area contributed by atoms with Crippen molar-refractivity contribution in [2.24, 2.45) is 0 Å². The first-order valence-electron chi connectivity index (χ1n) is 3.10. The maximum absolute atomic E-state index is 10.5. The fourth-order valence-electron chi connectivity index (χ4n) is 0.609. The number of hydrogen-bond acceptors (Lipinski definition) is 1. The summed E-state index contributed by atoms with van der Waals surface area (Å²) in [6.45, 7) is 1.56. The molecule has 1 aromatic rings. The van der Waals surface area contributed by atoms with Crippen LogP contribution in [-0.4, -0.2) is 5.78 Å². The van der Waals surface area contributed by atoms with E-state index in [4.69, 9.17) is 0 Å². The average molecular weight is 395 g/mol. The van der Waals surface area contributed by atoms with Crippen molar-refractivity contribution in [2.75, 3.05) is 0 Å². The van der Waals surface area contributed by atoms with Gasteiger partial charge in [-0.15, -0.1) is 0 Å². The molecule has 1 nitrogen and oxygen atoms in total. The summed E-state index contributed by atoms with van der Waals surface area (Å²) in [6, 6.07) is 7.33. The molecule has 0 spiro atoms. The van der Waals surface area contributed by atoms with E-state index in [0.29, 0.717) is 0 Å². The Morgan fingerprint density at radius 3 is 1.75 bits per heavy atom. The summed E-state index contributed by atoms with van der Waals surface area (Å²) in [6.07, 6.45) is 0. The molecule has 0 fully saturated rings. The zero-order chi connectivity index (χ0) is 9.56. The summed E-state index contributed by atoms with van der Waals surface area (Å²) in [5.41, 5.74) is 0.796. The number of carbonyl (C=O) groups is 1. The number of carbonyl (C=O) groups excluding carboxylic acids is 1. The van der Waals surface area contributed by atoms with E-state index in [9.17, 15) is 4.79 Å². The molecule has 0 aromatic heterocycles. The van der Waals surface area contributed by atoms with E-state index in [1.807, 2.05) is 24.3 Å². The van der Waals surface area contributed by atoms with Gasteiger partial charge in [-0.1, -0.05) is 5.56 Å². The van der Waals surface area contributed by atoms with Crippen molar-refractivity contribution in [3.63, 3.8) is 0 Å². The average Bonchev–Trinajstić information content (AvgIpc) is 2.34. The Balaban J connectivity index is 0.000000261. The molecule has 0 saturated heterocycles. The van der Waals surface area contributed by atoms with E-state index in [2.05, 4.69) is 39.5 Å². The van der Waals surface area contributed by atoms with Crippen LogP contribution in [0, 0.1) is 0 Å². The molecule has 0 unspecified atom stereocenters. The van der Waals surface area contributed by atoms with Crippen LogP contribution < -0.4 is 0 Å². The van der Waals surface area contributed by atoms with Crippen molar-refractivity contribution >= 4 is 45.3 Å². The first-order valence-corrected chi connectivity index (χ1v) is 14.7. The van der Waals surface area contributed by atoms with Crippen LogP contribution in [0.2, 0.25) is 0 Å². The van der Waals surface area contributed by atoms with Gasteiger partial charge in [0.05, 0.1) is 0 Å². The number of hydrogen-bond donors (Lipinski definition) is 0. The SMILES string of the molecule is CC(=O)[c-]1cccc1.[Br][Ti+]([Br])[Br]. The standard InChI is InChI=1S/C7H7O.3BrH.Ti/c1-6(8)7-4-2-3-5-7;;;;/h2-5H,1H3;3*1H;/q-1;;;;+4/p-3. The van der Waals surface area contributed by atoms with Crippen molar-refractivity contribution in [1.29, 1.82) is 0 Å². The van der Waals surface area contributed by atoms with Gasteiger partial charge in [-0.2, -0.15) is 12.1 Å². The number of halogens is 3. The first-order chi connectivity index (χ1) is 5.54. The molecule has 0 bridgehead atoms. The fraction of sp³-hybridized carbons (Fsp3) is 0.143. The number of ketones is 1. The van der Waals surface area contributed by atoms with E-state index >= 15 is 0 Å². The minimum atomic E-state index is -0.896. The van der Waals surface area contributed by atoms with Crippen LogP contribution >= 0.6 is 39.5 Å². The van der Waals surface area contributed by atoms with Crippen LogP contribution in [0.4, 0.5) is 0 Å². The quantitative estimate of drug-likeness (QED) is 0.397. The molecule has 0 amide bonds. The summed E-state index contributed by atoms with van der Waals surface area (Å²) in [5, 5.41) is 0. The monoisotopic (exact) mass is 392 g/mol. The van der Waals surface area contributed by atoms with Gasteiger partial charge in [0.15, 0.2) is 0 Å². The molecule has 0 saturated carbocycles. The Bertz CT molecular complexity index is 218. The summed E-state index contributed by atoms with van der Waals surface area (Å²) in [4.78, 5) is 10.5. The van der Waals surface area contributed by atoms with Crippen molar-refractivity contribution in [3.05, 3.63) is 29.8 Å². The van der Waals surface area contributed by atoms with Gasteiger partial charge in [-0.05, 0) is 6.92 Å². The third-order valence-corrected chi connectivity index (χ3v) is 1.07. The Hall–Kier alpha value is 1.17. The Morgan fingerprint density at radius 1 is 1.25 bits per heavy atom. The summed E-state index contributed by atoms with van der Waals surface area (Å²) in [7, 11) is 0. The zero-order valence-corrected chi connectivity index (χ0v) is 12.7. The van der Waals surface area contributed by atoms with Crippen LogP contribution in [0.3, 0.4) is 0 Å². The summed E-state index contributed by atoms with van der Waals surface area (Å²) in [5.74, 6) is 0.134. The normalized spacial score (nSPS) is 8.33. The van der Waals surface area contributed by atoms with Gasteiger partial charge in [0, 0.05) is 0 Å². The third kappa shape index (κ3) is 7.80. The topological polar surface area (TPSA) is 17.1 Å². The van der Waals surface area contributed by atoms with E-state index in [1.165, 1.54) is 0 Å². The van der Waals surface area contributed by atoms with Gasteiger partial charge in [-0.3, -0.25) is 0 Å². The zero-order valence-electron chi connectivity index (χ0n) is 6.35. The molecule has 0 aliphatic rings. The summed E-state index contributed by atoms with van der Waals surface area (Å²) >= 11 is 8.92. The van der Waals surface area contributed by atoms with E-state index in [0.717, 1.165) is 5.56 Å². The Labute approximate surface area is 97.3 Å². The van der Waals surface area contributed by atoms with E-state index < -0.39 is 11.6 Å². The second kappa shape index (κ2) is 7.57. The molecule has 0 radical (unpaired) electrons. The molecule has 0 N–H and O–H groups in total. The molecule has 5 heteroatoms. The van der Waals surface area contributed by atoms with Gasteiger partial charge in [0.25, 0.3) is 0 Å². The molecule has 0 aliphatic carbocycles. The van der Waals surface area contributed by atoms with Gasteiger partial charge in [0.1, 0.15) is 5.78 Å². The van der Waals surface area contributed by atoms with Gasteiger partial charge < -0.3 is 4.79 Å². The molecular weight excluding hydrogens is 388 g/mol. The van der Waals surface area contributed by atoms with Crippen molar-refractivity contribution in [3.8, 4) is 0 Å². The molecule has 1 rings (SSSR count). The number of Topliss-reactive ketones (excluding diaryl/α,β-unsaturated/α-hetero) is 1. The van der Waals surface area contributed by atoms with Crippen LogP contribution in [0.1, 0.15) is 17.3 Å². The van der Waals surface area contributed by atoms with Crippen LogP contribution in [-0.2, 0) is 11.6 Å². The van der Waals surface area contributed by atoms with E-state index in [1.54, 1.807) is 6.92 Å². The molecule has 0 aliphatic heterocycles. The second-order valence-corrected chi connectivity index (χ2v) is 25.6. The molecule has 1 aromatic carbocycles. The van der Waals surface area contributed by atoms with Gasteiger partial charge in [0.2, 0.25) is 0 Å². The number of rotatable bonds is 1. The van der Waals surface area contributed by atoms with E-state index in [-0.39, 0.29) is 5.78 Å². The molecule has 0 heterocycles. The van der Waals surface area contributed by atoms with Crippen LogP contribution in [0.5, 0.6) is 0 Å². The molecular formula is C7H7Br3OTi. The maximum atomic E-state index is 10.5. The summed E-state index contributed by atoms with van der Waals surface area (Å²) < 4.78 is 0. The predicted octanol–water partition coefficient (Wildman–Crippen LogP) is 4.14. The predicted molar refractivity (Wildman–Crippen MR) is 58.8 cm³/mol. The van der Waals surface area contributed by atoms with Gasteiger partial charge in [-0.25, -0.2) is 12.1 Å². The Morgan fingerprint density at radius 2 is 1.58 bits per heavy atom. The molecule has 0 atom stereocenters. The Kier molecular flexibility index (Phi) is 8.31. The van der Waals surface area contributed by atoms with Crippen LogP contribution in [0.15, 0.2) is 24.3 Å². The third-order valence-electron chi connectivity index (χ3n) is 1.07. The van der Waals surface area contributed by atoms with Crippen molar-refractivity contribution < 1.29 is 16.4 Å². The molecule has 12 heavy (non-hydrogen) atoms. The van der Waals surface area contributed by atoms with Crippen molar-refractivity contribution in [2.45, 2.75) is 6.92 Å².